The first kappa shape index (κ1) is 15.0. The Balaban J connectivity index is 1.87. The zero-order valence-electron chi connectivity index (χ0n) is 11.8. The van der Waals surface area contributed by atoms with Gasteiger partial charge in [-0.15, -0.1) is 0 Å². The minimum Gasteiger partial charge on any atom is -0.339 e. The van der Waals surface area contributed by atoms with Crippen molar-refractivity contribution in [3.63, 3.8) is 0 Å². The number of nitrogens with one attached hydrogen (secondary N) is 1. The van der Waals surface area contributed by atoms with Gasteiger partial charge in [0.25, 0.3) is 0 Å². The molecule has 1 N–H and O–H groups in total. The van der Waals surface area contributed by atoms with Crippen LogP contribution in [-0.4, -0.2) is 29.3 Å². The van der Waals surface area contributed by atoms with Crippen LogP contribution in [0.25, 0.3) is 0 Å². The molecule has 5 heteroatoms. The summed E-state index contributed by atoms with van der Waals surface area (Å²) in [6.07, 6.45) is 2.45. The van der Waals surface area contributed by atoms with Crippen LogP contribution in [0.15, 0.2) is 22.7 Å². The molecule has 0 aliphatic heterocycles. The van der Waals surface area contributed by atoms with E-state index in [1.54, 1.807) is 11.8 Å². The molecule has 0 spiro atoms. The second-order valence-corrected chi connectivity index (χ2v) is 6.08. The lowest BCUT2D eigenvalue weighted by molar-refractivity contribution is -0.129. The van der Waals surface area contributed by atoms with Gasteiger partial charge in [0.05, 0.1) is 5.69 Å². The Morgan fingerprint density at radius 1 is 1.40 bits per heavy atom. The molecular weight excluding hydrogens is 320 g/mol. The molecular formula is C15H19BrN2O2. The fourth-order valence-corrected chi connectivity index (χ4v) is 2.73. The number of hydrogen-bond acceptors (Lipinski definition) is 2. The number of nitrogens with zero attached hydrogens (tertiary/aromatic N) is 1. The van der Waals surface area contributed by atoms with Gasteiger partial charge in [0.1, 0.15) is 0 Å². The van der Waals surface area contributed by atoms with Gasteiger partial charge in [-0.25, -0.2) is 0 Å². The van der Waals surface area contributed by atoms with Gasteiger partial charge in [-0.2, -0.15) is 0 Å². The van der Waals surface area contributed by atoms with Crippen molar-refractivity contribution >= 4 is 33.4 Å². The Labute approximate surface area is 127 Å². The van der Waals surface area contributed by atoms with E-state index in [2.05, 4.69) is 21.2 Å². The Hall–Kier alpha value is -1.36. The summed E-state index contributed by atoms with van der Waals surface area (Å²) in [5.41, 5.74) is 1.90. The van der Waals surface area contributed by atoms with Crippen molar-refractivity contribution < 1.29 is 9.59 Å². The van der Waals surface area contributed by atoms with Crippen LogP contribution in [0.1, 0.15) is 31.7 Å². The Kier molecular flexibility index (Phi) is 4.81. The molecule has 0 saturated heterocycles. The van der Waals surface area contributed by atoms with Crippen molar-refractivity contribution in [3.05, 3.63) is 28.2 Å². The van der Waals surface area contributed by atoms with E-state index in [1.807, 2.05) is 25.1 Å². The van der Waals surface area contributed by atoms with Gasteiger partial charge in [0.15, 0.2) is 0 Å². The van der Waals surface area contributed by atoms with E-state index in [4.69, 9.17) is 0 Å². The maximum atomic E-state index is 11.9. The van der Waals surface area contributed by atoms with Crippen LogP contribution in [0.3, 0.4) is 0 Å². The van der Waals surface area contributed by atoms with Crippen LogP contribution in [0.4, 0.5) is 5.69 Å². The van der Waals surface area contributed by atoms with Crippen molar-refractivity contribution in [2.45, 2.75) is 39.2 Å². The number of carbonyl (C=O) groups is 2. The summed E-state index contributed by atoms with van der Waals surface area (Å²) < 4.78 is 0.872. The van der Waals surface area contributed by atoms with Crippen LogP contribution < -0.4 is 5.32 Å². The van der Waals surface area contributed by atoms with Crippen molar-refractivity contribution in [2.24, 2.45) is 0 Å². The zero-order valence-corrected chi connectivity index (χ0v) is 13.4. The molecule has 1 aliphatic rings. The highest BCUT2D eigenvalue weighted by Gasteiger charge is 2.30. The highest BCUT2D eigenvalue weighted by molar-refractivity contribution is 9.10. The molecule has 108 valence electrons. The van der Waals surface area contributed by atoms with Gasteiger partial charge in [-0.3, -0.25) is 9.59 Å². The summed E-state index contributed by atoms with van der Waals surface area (Å²) in [6, 6.07) is 6.14. The molecule has 0 bridgehead atoms. The lowest BCUT2D eigenvalue weighted by atomic mass is 10.2. The molecule has 4 nitrogen and oxygen atoms in total. The van der Waals surface area contributed by atoms with Gasteiger partial charge in [-0.1, -0.05) is 6.07 Å². The van der Waals surface area contributed by atoms with Crippen LogP contribution in [-0.2, 0) is 9.59 Å². The summed E-state index contributed by atoms with van der Waals surface area (Å²) in [6.45, 7) is 4.05. The first-order valence-electron chi connectivity index (χ1n) is 6.80. The number of anilines is 1. The van der Waals surface area contributed by atoms with E-state index in [-0.39, 0.29) is 11.8 Å². The number of halogens is 1. The lowest BCUT2D eigenvalue weighted by Crippen LogP contribution is -2.33. The largest absolute Gasteiger partial charge is 0.339 e. The molecule has 1 aromatic rings. The summed E-state index contributed by atoms with van der Waals surface area (Å²) in [7, 11) is 0. The smallest absolute Gasteiger partial charge is 0.226 e. The SMILES string of the molecule is CC(=O)N(CCC(=O)Nc1ccc(C)cc1Br)C1CC1. The van der Waals surface area contributed by atoms with Crippen molar-refractivity contribution in [3.8, 4) is 0 Å². The molecule has 0 heterocycles. The number of carbonyl (C=O) groups excluding carboxylic acids is 2. The van der Waals surface area contributed by atoms with Gasteiger partial charge in [-0.05, 0) is 53.4 Å². The first-order chi connectivity index (χ1) is 9.47. The number of hydrogen-bond donors (Lipinski definition) is 1. The quantitative estimate of drug-likeness (QED) is 0.896. The molecule has 1 aromatic carbocycles. The molecule has 1 fully saturated rings. The average molecular weight is 339 g/mol. The van der Waals surface area contributed by atoms with E-state index in [0.717, 1.165) is 28.6 Å². The van der Waals surface area contributed by atoms with Gasteiger partial charge in [0, 0.05) is 30.4 Å². The topological polar surface area (TPSA) is 49.4 Å². The van der Waals surface area contributed by atoms with Crippen LogP contribution in [0.5, 0.6) is 0 Å². The molecule has 0 unspecified atom stereocenters. The molecule has 0 atom stereocenters. The summed E-state index contributed by atoms with van der Waals surface area (Å²) in [5, 5.41) is 2.87. The third-order valence-corrected chi connectivity index (χ3v) is 4.03. The van der Waals surface area contributed by atoms with Crippen LogP contribution in [0.2, 0.25) is 0 Å². The van der Waals surface area contributed by atoms with Gasteiger partial charge < -0.3 is 10.2 Å². The normalized spacial score (nSPS) is 13.9. The van der Waals surface area contributed by atoms with E-state index >= 15 is 0 Å². The summed E-state index contributed by atoms with van der Waals surface area (Å²) in [5.74, 6) is -0.0155. The van der Waals surface area contributed by atoms with Crippen molar-refractivity contribution in [1.82, 2.24) is 4.90 Å². The maximum absolute atomic E-state index is 11.9. The Morgan fingerprint density at radius 2 is 2.10 bits per heavy atom. The second kappa shape index (κ2) is 6.39. The highest BCUT2D eigenvalue weighted by atomic mass is 79.9. The lowest BCUT2D eigenvalue weighted by Gasteiger charge is -2.20. The zero-order chi connectivity index (χ0) is 14.7. The third-order valence-electron chi connectivity index (χ3n) is 3.37. The maximum Gasteiger partial charge on any atom is 0.226 e. The van der Waals surface area contributed by atoms with E-state index < -0.39 is 0 Å². The number of benzene rings is 1. The molecule has 1 saturated carbocycles. The summed E-state index contributed by atoms with van der Waals surface area (Å²) >= 11 is 3.43. The second-order valence-electron chi connectivity index (χ2n) is 5.23. The molecule has 2 amide bonds. The summed E-state index contributed by atoms with van der Waals surface area (Å²) in [4.78, 5) is 25.2. The molecule has 0 aromatic heterocycles. The third kappa shape index (κ3) is 4.07. The minimum absolute atomic E-state index is 0.0526. The van der Waals surface area contributed by atoms with E-state index in [1.165, 1.54) is 0 Å². The van der Waals surface area contributed by atoms with Gasteiger partial charge in [0.2, 0.25) is 11.8 Å². The van der Waals surface area contributed by atoms with Gasteiger partial charge >= 0.3 is 0 Å². The predicted molar refractivity (Wildman–Crippen MR) is 82.5 cm³/mol. The minimum atomic E-state index is -0.0681. The fourth-order valence-electron chi connectivity index (χ4n) is 2.14. The number of rotatable bonds is 5. The van der Waals surface area contributed by atoms with Crippen LogP contribution >= 0.6 is 15.9 Å². The highest BCUT2D eigenvalue weighted by Crippen LogP contribution is 2.27. The average Bonchev–Trinajstić information content (AvgIpc) is 3.17. The number of aryl methyl sites for hydroxylation is 1. The molecule has 20 heavy (non-hydrogen) atoms. The monoisotopic (exact) mass is 338 g/mol. The van der Waals surface area contributed by atoms with Crippen molar-refractivity contribution in [1.29, 1.82) is 0 Å². The number of amides is 2. The fraction of sp³-hybridized carbons (Fsp3) is 0.467. The Bertz CT molecular complexity index is 527. The van der Waals surface area contributed by atoms with Crippen molar-refractivity contribution in [2.75, 3.05) is 11.9 Å². The Morgan fingerprint density at radius 3 is 2.65 bits per heavy atom. The molecule has 1 aliphatic carbocycles. The standard InChI is InChI=1S/C15H19BrN2O2/c1-10-3-6-14(13(16)9-10)17-15(20)7-8-18(11(2)19)12-4-5-12/h3,6,9,12H,4-5,7-8H2,1-2H3,(H,17,20). The van der Waals surface area contributed by atoms with Crippen LogP contribution in [0, 0.1) is 6.92 Å². The van der Waals surface area contributed by atoms with E-state index in [9.17, 15) is 9.59 Å². The molecule has 0 radical (unpaired) electrons. The predicted octanol–water partition coefficient (Wildman–Crippen LogP) is 3.10. The van der Waals surface area contributed by atoms with E-state index in [0.29, 0.717) is 19.0 Å². The first-order valence-corrected chi connectivity index (χ1v) is 7.60. The molecule has 2 rings (SSSR count).